The van der Waals surface area contributed by atoms with Crippen LogP contribution in [0.2, 0.25) is 0 Å². The fourth-order valence-electron chi connectivity index (χ4n) is 2.75. The van der Waals surface area contributed by atoms with Gasteiger partial charge in [0, 0.05) is 24.8 Å². The average Bonchev–Trinajstić information content (AvgIpc) is 2.48. The highest BCUT2D eigenvalue weighted by atomic mass is 15.1. The molecule has 1 unspecified atom stereocenters. The first-order chi connectivity index (χ1) is 10.1. The molecule has 2 aromatic carbocycles. The summed E-state index contributed by atoms with van der Waals surface area (Å²) in [5.74, 6) is 0. The molecule has 2 aromatic rings. The third-order valence-electron chi connectivity index (χ3n) is 4.05. The van der Waals surface area contributed by atoms with E-state index >= 15 is 0 Å². The standard InChI is InChI=1S/C19H26N2/c1-4-21(17-10-7-8-15(2)14-17)13-12-19(20)18-11-6-5-9-16(18)3/h5-11,14,19H,4,12-13,20H2,1-3H3. The van der Waals surface area contributed by atoms with Gasteiger partial charge < -0.3 is 10.6 Å². The van der Waals surface area contributed by atoms with Crippen LogP contribution in [0.4, 0.5) is 5.69 Å². The highest BCUT2D eigenvalue weighted by Crippen LogP contribution is 2.21. The molecule has 0 radical (unpaired) electrons. The van der Waals surface area contributed by atoms with Crippen molar-refractivity contribution in [3.8, 4) is 0 Å². The molecule has 112 valence electrons. The third kappa shape index (κ3) is 4.08. The SMILES string of the molecule is CCN(CCC(N)c1ccccc1C)c1cccc(C)c1. The van der Waals surface area contributed by atoms with Crippen molar-refractivity contribution in [2.45, 2.75) is 33.2 Å². The Kier molecular flexibility index (Phi) is 5.40. The summed E-state index contributed by atoms with van der Waals surface area (Å²) < 4.78 is 0. The fraction of sp³-hybridized carbons (Fsp3) is 0.368. The lowest BCUT2D eigenvalue weighted by Gasteiger charge is -2.25. The first-order valence-electron chi connectivity index (χ1n) is 7.74. The van der Waals surface area contributed by atoms with E-state index in [0.29, 0.717) is 0 Å². The van der Waals surface area contributed by atoms with E-state index in [2.05, 4.69) is 74.2 Å². The summed E-state index contributed by atoms with van der Waals surface area (Å²) in [6.07, 6.45) is 0.965. The third-order valence-corrected chi connectivity index (χ3v) is 4.05. The van der Waals surface area contributed by atoms with Gasteiger partial charge in [-0.25, -0.2) is 0 Å². The van der Waals surface area contributed by atoms with Crippen molar-refractivity contribution in [3.05, 3.63) is 65.2 Å². The van der Waals surface area contributed by atoms with Crippen LogP contribution in [0.3, 0.4) is 0 Å². The molecule has 2 heteroatoms. The van der Waals surface area contributed by atoms with Crippen LogP contribution < -0.4 is 10.6 Å². The molecule has 0 fully saturated rings. The van der Waals surface area contributed by atoms with Gasteiger partial charge in [0.05, 0.1) is 0 Å². The minimum absolute atomic E-state index is 0.102. The van der Waals surface area contributed by atoms with Gasteiger partial charge in [-0.3, -0.25) is 0 Å². The molecule has 0 bridgehead atoms. The Balaban J connectivity index is 2.02. The minimum atomic E-state index is 0.102. The summed E-state index contributed by atoms with van der Waals surface area (Å²) in [5.41, 5.74) is 11.5. The summed E-state index contributed by atoms with van der Waals surface area (Å²) in [4.78, 5) is 2.39. The predicted octanol–water partition coefficient (Wildman–Crippen LogP) is 4.22. The van der Waals surface area contributed by atoms with Crippen LogP contribution in [-0.4, -0.2) is 13.1 Å². The van der Waals surface area contributed by atoms with Gasteiger partial charge in [-0.2, -0.15) is 0 Å². The predicted molar refractivity (Wildman–Crippen MR) is 91.8 cm³/mol. The van der Waals surface area contributed by atoms with Crippen LogP contribution >= 0.6 is 0 Å². The zero-order chi connectivity index (χ0) is 15.2. The maximum Gasteiger partial charge on any atom is 0.0368 e. The van der Waals surface area contributed by atoms with Gasteiger partial charge in [-0.15, -0.1) is 0 Å². The quantitative estimate of drug-likeness (QED) is 0.859. The molecule has 0 aliphatic heterocycles. The number of rotatable bonds is 6. The Bertz CT molecular complexity index is 577. The largest absolute Gasteiger partial charge is 0.372 e. The summed E-state index contributed by atoms with van der Waals surface area (Å²) in [5, 5.41) is 0. The lowest BCUT2D eigenvalue weighted by Crippen LogP contribution is -2.27. The Morgan fingerprint density at radius 3 is 2.48 bits per heavy atom. The van der Waals surface area contributed by atoms with Crippen LogP contribution in [0.5, 0.6) is 0 Å². The van der Waals surface area contributed by atoms with E-state index in [0.717, 1.165) is 19.5 Å². The van der Waals surface area contributed by atoms with Gasteiger partial charge in [-0.1, -0.05) is 36.4 Å². The average molecular weight is 282 g/mol. The molecule has 0 aliphatic rings. The number of anilines is 1. The van der Waals surface area contributed by atoms with Crippen molar-refractivity contribution in [1.29, 1.82) is 0 Å². The van der Waals surface area contributed by atoms with Crippen molar-refractivity contribution in [2.75, 3.05) is 18.0 Å². The molecule has 0 saturated heterocycles. The molecule has 2 rings (SSSR count). The van der Waals surface area contributed by atoms with E-state index in [4.69, 9.17) is 5.73 Å². The fourth-order valence-corrected chi connectivity index (χ4v) is 2.75. The molecule has 21 heavy (non-hydrogen) atoms. The van der Waals surface area contributed by atoms with Crippen LogP contribution in [0.15, 0.2) is 48.5 Å². The second-order valence-corrected chi connectivity index (χ2v) is 5.67. The van der Waals surface area contributed by atoms with Crippen molar-refractivity contribution in [2.24, 2.45) is 5.73 Å². The van der Waals surface area contributed by atoms with Gasteiger partial charge in [0.25, 0.3) is 0 Å². The van der Waals surface area contributed by atoms with E-state index in [9.17, 15) is 0 Å². The van der Waals surface area contributed by atoms with Crippen molar-refractivity contribution in [3.63, 3.8) is 0 Å². The smallest absolute Gasteiger partial charge is 0.0368 e. The van der Waals surface area contributed by atoms with E-state index in [-0.39, 0.29) is 6.04 Å². The van der Waals surface area contributed by atoms with Gasteiger partial charge in [-0.05, 0) is 56.0 Å². The first kappa shape index (κ1) is 15.6. The van der Waals surface area contributed by atoms with Gasteiger partial charge in [0.15, 0.2) is 0 Å². The normalized spacial score (nSPS) is 12.2. The molecule has 0 aromatic heterocycles. The van der Waals surface area contributed by atoms with Crippen LogP contribution in [-0.2, 0) is 0 Å². The molecule has 0 amide bonds. The van der Waals surface area contributed by atoms with Crippen molar-refractivity contribution < 1.29 is 0 Å². The topological polar surface area (TPSA) is 29.3 Å². The maximum absolute atomic E-state index is 6.38. The molecule has 0 aliphatic carbocycles. The van der Waals surface area contributed by atoms with E-state index in [1.807, 2.05) is 0 Å². The Labute approximate surface area is 128 Å². The molecular weight excluding hydrogens is 256 g/mol. The molecule has 0 saturated carbocycles. The number of aryl methyl sites for hydroxylation is 2. The van der Waals surface area contributed by atoms with Crippen molar-refractivity contribution in [1.82, 2.24) is 0 Å². The molecule has 0 heterocycles. The van der Waals surface area contributed by atoms with E-state index in [1.165, 1.54) is 22.4 Å². The van der Waals surface area contributed by atoms with E-state index in [1.54, 1.807) is 0 Å². The van der Waals surface area contributed by atoms with E-state index < -0.39 is 0 Å². The zero-order valence-electron chi connectivity index (χ0n) is 13.3. The summed E-state index contributed by atoms with van der Waals surface area (Å²) in [6, 6.07) is 17.2. The summed E-state index contributed by atoms with van der Waals surface area (Å²) in [7, 11) is 0. The summed E-state index contributed by atoms with van der Waals surface area (Å²) >= 11 is 0. The van der Waals surface area contributed by atoms with Gasteiger partial charge >= 0.3 is 0 Å². The molecular formula is C19H26N2. The van der Waals surface area contributed by atoms with Crippen LogP contribution in [0.1, 0.15) is 36.1 Å². The van der Waals surface area contributed by atoms with Gasteiger partial charge in [0.2, 0.25) is 0 Å². The number of benzene rings is 2. The molecule has 2 nitrogen and oxygen atoms in total. The first-order valence-corrected chi connectivity index (χ1v) is 7.74. The number of nitrogens with zero attached hydrogens (tertiary/aromatic N) is 1. The van der Waals surface area contributed by atoms with Crippen molar-refractivity contribution >= 4 is 5.69 Å². The number of nitrogens with two attached hydrogens (primary N) is 1. The second-order valence-electron chi connectivity index (χ2n) is 5.67. The monoisotopic (exact) mass is 282 g/mol. The molecule has 2 N–H and O–H groups in total. The highest BCUT2D eigenvalue weighted by Gasteiger charge is 2.11. The number of hydrogen-bond acceptors (Lipinski definition) is 2. The number of hydrogen-bond donors (Lipinski definition) is 1. The minimum Gasteiger partial charge on any atom is -0.372 e. The molecule has 1 atom stereocenters. The zero-order valence-corrected chi connectivity index (χ0v) is 13.3. The van der Waals surface area contributed by atoms with Crippen LogP contribution in [0.25, 0.3) is 0 Å². The second kappa shape index (κ2) is 7.28. The highest BCUT2D eigenvalue weighted by molar-refractivity contribution is 5.48. The lowest BCUT2D eigenvalue weighted by atomic mass is 9.99. The lowest BCUT2D eigenvalue weighted by molar-refractivity contribution is 0.629. The molecule has 0 spiro atoms. The Morgan fingerprint density at radius 2 is 1.81 bits per heavy atom. The Morgan fingerprint density at radius 1 is 1.05 bits per heavy atom. The van der Waals surface area contributed by atoms with Crippen LogP contribution in [0, 0.1) is 13.8 Å². The Hall–Kier alpha value is -1.80. The van der Waals surface area contributed by atoms with Gasteiger partial charge in [0.1, 0.15) is 0 Å². The maximum atomic E-state index is 6.38. The summed E-state index contributed by atoms with van der Waals surface area (Å²) in [6.45, 7) is 8.45.